The minimum atomic E-state index is -1.03. The van der Waals surface area contributed by atoms with E-state index in [-0.39, 0.29) is 0 Å². The van der Waals surface area contributed by atoms with Crippen molar-refractivity contribution in [1.82, 2.24) is 3.97 Å². The summed E-state index contributed by atoms with van der Waals surface area (Å²) in [4.78, 5) is 12.3. The summed E-state index contributed by atoms with van der Waals surface area (Å²) in [6.07, 6.45) is -1.03. The second-order valence-corrected chi connectivity index (χ2v) is 5.66. The molecule has 0 amide bonds. The van der Waals surface area contributed by atoms with E-state index in [1.54, 1.807) is 37.4 Å². The first-order chi connectivity index (χ1) is 11.6. The Morgan fingerprint density at radius 3 is 2.42 bits per heavy atom. The Balaban J connectivity index is 2.19. The van der Waals surface area contributed by atoms with E-state index in [1.807, 2.05) is 18.2 Å². The molecule has 0 spiro atoms. The molecule has 0 saturated carbocycles. The van der Waals surface area contributed by atoms with Gasteiger partial charge < -0.3 is 14.6 Å². The highest BCUT2D eigenvalue weighted by Crippen LogP contribution is 2.35. The summed E-state index contributed by atoms with van der Waals surface area (Å²) < 4.78 is 11.6. The molecule has 5 nitrogen and oxygen atoms in total. The van der Waals surface area contributed by atoms with E-state index in [0.29, 0.717) is 28.0 Å². The van der Waals surface area contributed by atoms with Gasteiger partial charge in [0.25, 0.3) is 0 Å². The molecule has 0 aliphatic rings. The Morgan fingerprint density at radius 1 is 1.12 bits per heavy atom. The number of aliphatic hydroxyl groups excluding tert-OH is 1. The lowest BCUT2D eigenvalue weighted by molar-refractivity contribution is 0.0597. The summed E-state index contributed by atoms with van der Waals surface area (Å²) in [5.41, 5.74) is 2.03. The molecule has 1 heterocycles. The number of nitrogens with zero attached hydrogens (tertiary/aromatic N) is 1. The number of aromatic nitrogens is 1. The van der Waals surface area contributed by atoms with E-state index in [9.17, 15) is 9.90 Å². The molecular formula is C18H17NO4S. The van der Waals surface area contributed by atoms with E-state index in [2.05, 4.69) is 12.8 Å². The van der Waals surface area contributed by atoms with Crippen LogP contribution in [-0.2, 0) is 4.74 Å². The highest BCUT2D eigenvalue weighted by Gasteiger charge is 2.27. The third-order valence-electron chi connectivity index (χ3n) is 3.97. The van der Waals surface area contributed by atoms with Crippen LogP contribution in [0.1, 0.15) is 27.7 Å². The Hall–Kier alpha value is -2.44. The van der Waals surface area contributed by atoms with Gasteiger partial charge in [-0.2, -0.15) is 0 Å². The molecule has 3 rings (SSSR count). The molecule has 1 unspecified atom stereocenters. The zero-order valence-electron chi connectivity index (χ0n) is 13.3. The molecular weight excluding hydrogens is 326 g/mol. The van der Waals surface area contributed by atoms with E-state index in [1.165, 1.54) is 11.1 Å². The van der Waals surface area contributed by atoms with Crippen LogP contribution in [0.5, 0.6) is 5.75 Å². The van der Waals surface area contributed by atoms with Crippen molar-refractivity contribution >= 4 is 29.7 Å². The number of thiol groups is 1. The summed E-state index contributed by atoms with van der Waals surface area (Å²) in [6, 6.07) is 14.3. The van der Waals surface area contributed by atoms with Gasteiger partial charge >= 0.3 is 5.97 Å². The molecule has 0 bridgehead atoms. The van der Waals surface area contributed by atoms with Gasteiger partial charge in [-0.3, -0.25) is 3.97 Å². The zero-order valence-corrected chi connectivity index (χ0v) is 14.2. The number of hydrogen-bond acceptors (Lipinski definition) is 5. The number of fused-ring (bicyclic) bond motifs is 1. The summed E-state index contributed by atoms with van der Waals surface area (Å²) in [5.74, 6) is 0.173. The summed E-state index contributed by atoms with van der Waals surface area (Å²) >= 11 is 4.47. The monoisotopic (exact) mass is 343 g/mol. The minimum Gasteiger partial charge on any atom is -0.497 e. The van der Waals surface area contributed by atoms with Gasteiger partial charge in [0, 0.05) is 5.39 Å². The van der Waals surface area contributed by atoms with Crippen LogP contribution in [0.2, 0.25) is 0 Å². The topological polar surface area (TPSA) is 60.7 Å². The third-order valence-corrected chi connectivity index (χ3v) is 4.40. The van der Waals surface area contributed by atoms with Gasteiger partial charge in [-0.15, -0.1) is 0 Å². The summed E-state index contributed by atoms with van der Waals surface area (Å²) in [6.45, 7) is 0. The lowest BCUT2D eigenvalue weighted by Crippen LogP contribution is -2.11. The molecule has 124 valence electrons. The molecule has 1 atom stereocenters. The maximum atomic E-state index is 12.3. The van der Waals surface area contributed by atoms with Gasteiger partial charge in [-0.1, -0.05) is 43.1 Å². The number of benzene rings is 2. The molecule has 2 aromatic carbocycles. The van der Waals surface area contributed by atoms with Gasteiger partial charge in [0.15, 0.2) is 0 Å². The fourth-order valence-corrected chi connectivity index (χ4v) is 3.14. The quantitative estimate of drug-likeness (QED) is 0.564. The van der Waals surface area contributed by atoms with Crippen molar-refractivity contribution in [2.24, 2.45) is 0 Å². The van der Waals surface area contributed by atoms with Crippen molar-refractivity contribution in [3.8, 4) is 5.75 Å². The first-order valence-electron chi connectivity index (χ1n) is 7.31. The third kappa shape index (κ3) is 2.64. The van der Waals surface area contributed by atoms with Crippen LogP contribution in [0.4, 0.5) is 0 Å². The molecule has 0 fully saturated rings. The van der Waals surface area contributed by atoms with Gasteiger partial charge in [0.1, 0.15) is 11.9 Å². The lowest BCUT2D eigenvalue weighted by Gasteiger charge is -2.14. The van der Waals surface area contributed by atoms with Crippen molar-refractivity contribution < 1.29 is 19.4 Å². The maximum absolute atomic E-state index is 12.3. The van der Waals surface area contributed by atoms with Gasteiger partial charge in [-0.05, 0) is 23.8 Å². The molecule has 0 radical (unpaired) electrons. The van der Waals surface area contributed by atoms with Crippen molar-refractivity contribution in [2.45, 2.75) is 6.10 Å². The summed E-state index contributed by atoms with van der Waals surface area (Å²) in [7, 11) is 2.89. The predicted octanol–water partition coefficient (Wildman–Crippen LogP) is 3.21. The van der Waals surface area contributed by atoms with Crippen molar-refractivity contribution in [3.63, 3.8) is 0 Å². The number of rotatable bonds is 4. The Kier molecular flexibility index (Phi) is 4.51. The van der Waals surface area contributed by atoms with E-state index in [0.717, 1.165) is 5.52 Å². The minimum absolute atomic E-state index is 0.311. The van der Waals surface area contributed by atoms with Crippen LogP contribution in [0.15, 0.2) is 48.5 Å². The molecule has 6 heteroatoms. The van der Waals surface area contributed by atoms with Crippen LogP contribution in [0.25, 0.3) is 10.9 Å². The Labute approximate surface area is 145 Å². The van der Waals surface area contributed by atoms with E-state index < -0.39 is 12.1 Å². The predicted molar refractivity (Wildman–Crippen MR) is 94.7 cm³/mol. The second kappa shape index (κ2) is 6.59. The van der Waals surface area contributed by atoms with Crippen LogP contribution in [-0.4, -0.2) is 29.3 Å². The average molecular weight is 343 g/mol. The maximum Gasteiger partial charge on any atom is 0.340 e. The molecule has 1 N–H and O–H groups in total. The van der Waals surface area contributed by atoms with E-state index in [4.69, 9.17) is 9.47 Å². The van der Waals surface area contributed by atoms with Crippen LogP contribution in [0, 0.1) is 0 Å². The fraction of sp³-hybridized carbons (Fsp3) is 0.167. The smallest absolute Gasteiger partial charge is 0.340 e. The van der Waals surface area contributed by atoms with Crippen LogP contribution >= 0.6 is 12.8 Å². The lowest BCUT2D eigenvalue weighted by atomic mass is 10.0. The molecule has 1 aromatic heterocycles. The molecule has 0 aliphatic carbocycles. The highest BCUT2D eigenvalue weighted by atomic mass is 32.1. The number of methoxy groups -OCH3 is 2. The largest absolute Gasteiger partial charge is 0.497 e. The first kappa shape index (κ1) is 16.4. The second-order valence-electron chi connectivity index (χ2n) is 5.26. The van der Waals surface area contributed by atoms with Crippen molar-refractivity contribution in [3.05, 3.63) is 65.4 Å². The standard InChI is InChI=1S/C18H17NO4S/c1-22-12-9-7-11(8-10-12)17(20)16-15(18(21)23-2)13-5-3-4-6-14(13)19(16)24/h3-10,17,20,24H,1-2H3. The number of hydrogen-bond donors (Lipinski definition) is 2. The zero-order chi connectivity index (χ0) is 17.3. The molecule has 24 heavy (non-hydrogen) atoms. The average Bonchev–Trinajstić information content (AvgIpc) is 2.93. The van der Waals surface area contributed by atoms with Crippen LogP contribution in [0.3, 0.4) is 0 Å². The van der Waals surface area contributed by atoms with Gasteiger partial charge in [0.05, 0.1) is 31.0 Å². The Bertz CT molecular complexity index is 886. The number of aliphatic hydroxyl groups is 1. The molecule has 0 saturated heterocycles. The van der Waals surface area contributed by atoms with Gasteiger partial charge in [0.2, 0.25) is 0 Å². The number of ether oxygens (including phenoxy) is 2. The van der Waals surface area contributed by atoms with Gasteiger partial charge in [-0.25, -0.2) is 4.79 Å². The molecule has 3 aromatic rings. The number of para-hydroxylation sites is 1. The number of esters is 1. The molecule has 0 aliphatic heterocycles. The number of carbonyl (C=O) groups is 1. The highest BCUT2D eigenvalue weighted by molar-refractivity contribution is 7.78. The summed E-state index contributed by atoms with van der Waals surface area (Å²) in [5, 5.41) is 11.5. The Morgan fingerprint density at radius 2 is 1.79 bits per heavy atom. The normalized spacial score (nSPS) is 12.2. The first-order valence-corrected chi connectivity index (χ1v) is 7.71. The van der Waals surface area contributed by atoms with Crippen molar-refractivity contribution in [2.75, 3.05) is 14.2 Å². The SMILES string of the molecule is COC(=O)c1c(C(O)c2ccc(OC)cc2)n(S)c2ccccc12. The fourth-order valence-electron chi connectivity index (χ4n) is 2.76. The van der Waals surface area contributed by atoms with Crippen molar-refractivity contribution in [1.29, 1.82) is 0 Å². The van der Waals surface area contributed by atoms with Crippen LogP contribution < -0.4 is 4.74 Å². The number of carbonyl (C=O) groups excluding carboxylic acids is 1. The van der Waals surface area contributed by atoms with E-state index >= 15 is 0 Å².